The first-order valence-electron chi connectivity index (χ1n) is 22.3. The number of methoxy groups -OCH3 is 1. The lowest BCUT2D eigenvalue weighted by atomic mass is 9.75. The predicted octanol–water partition coefficient (Wildman–Crippen LogP) is 10.1. The zero-order chi connectivity index (χ0) is 43.8. The molecule has 0 aliphatic carbocycles. The minimum atomic E-state index is -2.36. The van der Waals surface area contributed by atoms with E-state index in [9.17, 15) is 14.7 Å². The van der Waals surface area contributed by atoms with E-state index in [2.05, 4.69) is 6.92 Å². The fourth-order valence-corrected chi connectivity index (χ4v) is 8.97. The largest absolute Gasteiger partial charge is 0.469 e. The van der Waals surface area contributed by atoms with Gasteiger partial charge in [0, 0.05) is 30.4 Å². The normalized spacial score (nSPS) is 19.0. The molecule has 2 saturated heterocycles. The van der Waals surface area contributed by atoms with Gasteiger partial charge in [-0.15, -0.1) is 0 Å². The van der Waals surface area contributed by atoms with Gasteiger partial charge in [0.05, 0.1) is 32.3 Å². The molecule has 2 aliphatic rings. The monoisotopic (exact) mass is 849 g/mol. The number of carbonyl (C=O) groups excluding carboxylic acids is 3. The number of esters is 2. The van der Waals surface area contributed by atoms with Crippen LogP contribution in [-0.2, 0) is 43.7 Å². The number of aliphatic hydroxyl groups is 1. The van der Waals surface area contributed by atoms with Crippen LogP contribution in [0.25, 0.3) is 0 Å². The Labute approximate surface area is 364 Å². The molecule has 2 aromatic carbocycles. The van der Waals surface area contributed by atoms with E-state index in [4.69, 9.17) is 35.9 Å². The molecule has 0 unspecified atom stereocenters. The van der Waals surface area contributed by atoms with Crippen LogP contribution in [0.1, 0.15) is 149 Å². The van der Waals surface area contributed by atoms with Gasteiger partial charge in [-0.05, 0) is 77.4 Å². The van der Waals surface area contributed by atoms with E-state index in [1.165, 1.54) is 37.7 Å². The number of carbonyl (C=O) groups is 3. The van der Waals surface area contributed by atoms with Crippen molar-refractivity contribution in [2.24, 2.45) is 11.8 Å². The minimum absolute atomic E-state index is 0.0557. The number of hydrogen-bond donors (Lipinski definition) is 1. The molecule has 0 aromatic heterocycles. The third-order valence-electron chi connectivity index (χ3n) is 11.6. The molecule has 10 nitrogen and oxygen atoms in total. The molecule has 0 bridgehead atoms. The highest BCUT2D eigenvalue weighted by Gasteiger charge is 2.60. The Kier molecular flexibility index (Phi) is 18.8. The second-order valence-electron chi connectivity index (χ2n) is 17.7. The molecule has 2 aromatic rings. The molecule has 2 heterocycles. The lowest BCUT2D eigenvalue weighted by Crippen LogP contribution is -2.57. The Morgan fingerprint density at radius 3 is 1.93 bits per heavy atom. The molecule has 2 aliphatic heterocycles. The van der Waals surface area contributed by atoms with Crippen molar-refractivity contribution < 1.29 is 43.2 Å². The maximum Gasteiger partial charge on any atom is 0.339 e. The molecule has 0 saturated carbocycles. The molecule has 1 amide bonds. The van der Waals surface area contributed by atoms with Crippen molar-refractivity contribution >= 4 is 35.2 Å². The fraction of sp³-hybridized carbons (Fsp3) is 0.633. The molecule has 332 valence electrons. The molecule has 3 atom stereocenters. The summed E-state index contributed by atoms with van der Waals surface area (Å²) in [4.78, 5) is 43.3. The summed E-state index contributed by atoms with van der Waals surface area (Å²) in [6.45, 7) is 12.6. The van der Waals surface area contributed by atoms with Gasteiger partial charge in [-0.1, -0.05) is 132 Å². The van der Waals surface area contributed by atoms with Crippen molar-refractivity contribution in [3.8, 4) is 0 Å². The second kappa shape index (κ2) is 23.0. The van der Waals surface area contributed by atoms with Crippen molar-refractivity contribution in [3.05, 3.63) is 83.9 Å². The first kappa shape index (κ1) is 49.0. The lowest BCUT2D eigenvalue weighted by molar-refractivity contribution is -0.185. The van der Waals surface area contributed by atoms with Crippen LogP contribution in [0.15, 0.2) is 72.8 Å². The summed E-state index contributed by atoms with van der Waals surface area (Å²) in [5.74, 6) is -4.13. The lowest BCUT2D eigenvalue weighted by Gasteiger charge is -2.40. The number of benzene rings is 2. The summed E-state index contributed by atoms with van der Waals surface area (Å²) in [5.41, 5.74) is -2.90. The van der Waals surface area contributed by atoms with Crippen LogP contribution in [0.3, 0.4) is 0 Å². The van der Waals surface area contributed by atoms with Crippen molar-refractivity contribution in [3.63, 3.8) is 0 Å². The van der Waals surface area contributed by atoms with Gasteiger partial charge >= 0.3 is 11.9 Å². The number of rotatable bonds is 24. The van der Waals surface area contributed by atoms with E-state index >= 15 is 4.79 Å². The van der Waals surface area contributed by atoms with Gasteiger partial charge in [-0.3, -0.25) is 14.5 Å². The third kappa shape index (κ3) is 12.7. The molecule has 0 spiro atoms. The first-order valence-corrected chi connectivity index (χ1v) is 22.7. The van der Waals surface area contributed by atoms with Crippen molar-refractivity contribution in [2.75, 3.05) is 20.3 Å². The average Bonchev–Trinajstić information content (AvgIpc) is 3.82. The summed E-state index contributed by atoms with van der Waals surface area (Å²) < 4.78 is 29.7. The van der Waals surface area contributed by atoms with Gasteiger partial charge in [-0.25, -0.2) is 4.79 Å². The number of nitrogens with zero attached hydrogens (tertiary/aromatic N) is 1. The summed E-state index contributed by atoms with van der Waals surface area (Å²) in [6, 6.07) is 18.7. The number of amides is 1. The maximum absolute atomic E-state index is 15.4. The highest BCUT2D eigenvalue weighted by Crippen LogP contribution is 2.48. The van der Waals surface area contributed by atoms with Crippen molar-refractivity contribution in [2.45, 2.75) is 166 Å². The van der Waals surface area contributed by atoms with Crippen molar-refractivity contribution in [1.29, 1.82) is 0 Å². The second-order valence-corrected chi connectivity index (χ2v) is 18.1. The van der Waals surface area contributed by atoms with Gasteiger partial charge in [0.15, 0.2) is 17.0 Å². The number of thiocarbonyl (C=S) groups is 1. The quantitative estimate of drug-likeness (QED) is 0.0473. The number of hydrogen-bond acceptors (Lipinski definition) is 10. The zero-order valence-corrected chi connectivity index (χ0v) is 38.1. The van der Waals surface area contributed by atoms with Gasteiger partial charge < -0.3 is 28.8 Å². The summed E-state index contributed by atoms with van der Waals surface area (Å²) in [5, 5.41) is 12.6. The van der Waals surface area contributed by atoms with Crippen LogP contribution in [0.2, 0.25) is 0 Å². The van der Waals surface area contributed by atoms with E-state index in [0.717, 1.165) is 56.1 Å². The predicted molar refractivity (Wildman–Crippen MR) is 238 cm³/mol. The first-order chi connectivity index (χ1) is 28.6. The Balaban J connectivity index is 1.62. The van der Waals surface area contributed by atoms with Crippen LogP contribution in [0.4, 0.5) is 0 Å². The Hall–Kier alpha value is -3.64. The van der Waals surface area contributed by atoms with Crippen LogP contribution in [0.5, 0.6) is 0 Å². The van der Waals surface area contributed by atoms with Gasteiger partial charge in [0.1, 0.15) is 5.60 Å². The number of ether oxygens (including phenoxy) is 5. The van der Waals surface area contributed by atoms with Gasteiger partial charge in [0.2, 0.25) is 5.91 Å². The summed E-state index contributed by atoms with van der Waals surface area (Å²) >= 11 is 5.96. The Morgan fingerprint density at radius 2 is 1.42 bits per heavy atom. The van der Waals surface area contributed by atoms with E-state index in [1.807, 2.05) is 80.6 Å². The van der Waals surface area contributed by atoms with Crippen LogP contribution < -0.4 is 0 Å². The zero-order valence-electron chi connectivity index (χ0n) is 37.2. The average molecular weight is 850 g/mol. The SMILES string of the molecule is CCCCCCCC1(CCCCCC/C=C/[C@H](C(=O)N2C(=S)OC(c3ccccc3)(c3ccccc3)[C@@H]2C(C)C)[C@@](O)(CCCC(=O)OC)C(=O)OC(C)(C)C)OCCO1. The topological polar surface area (TPSA) is 121 Å². The number of allylic oxidation sites excluding steroid dienone is 1. The summed E-state index contributed by atoms with van der Waals surface area (Å²) in [7, 11) is 1.29. The summed E-state index contributed by atoms with van der Waals surface area (Å²) in [6.07, 6.45) is 15.4. The Bertz CT molecular complexity index is 1650. The van der Waals surface area contributed by atoms with E-state index < -0.39 is 52.4 Å². The molecular formula is C49H71NO9S. The Morgan fingerprint density at radius 1 is 0.867 bits per heavy atom. The highest BCUT2D eigenvalue weighted by molar-refractivity contribution is 7.80. The molecule has 60 heavy (non-hydrogen) atoms. The third-order valence-corrected chi connectivity index (χ3v) is 11.9. The van der Waals surface area contributed by atoms with E-state index in [1.54, 1.807) is 26.8 Å². The standard InChI is InChI=1S/C49H71NO9S/c1-8-9-10-14-23-32-47(56-35-36-57-47)33-24-15-12-11-13-22-30-40(48(54,34-25-31-41(51)55-7)44(53)58-46(4,5)6)43(52)50-42(37(2)3)49(59-45(50)60,38-26-18-16-19-27-38)39-28-20-17-21-29-39/h16-22,26-30,37,40,42,54H,8-15,23-25,31-36H2,1-7H3/b30-22+/t40-,42+,48+/m1/s1. The molecular weight excluding hydrogens is 779 g/mol. The molecule has 11 heteroatoms. The maximum atomic E-state index is 15.4. The van der Waals surface area contributed by atoms with Crippen LogP contribution in [-0.4, -0.2) is 76.4 Å². The van der Waals surface area contributed by atoms with E-state index in [0.29, 0.717) is 19.6 Å². The van der Waals surface area contributed by atoms with Gasteiger partial charge in [-0.2, -0.15) is 0 Å². The molecule has 0 radical (unpaired) electrons. The number of unbranched alkanes of at least 4 members (excludes halogenated alkanes) is 8. The van der Waals surface area contributed by atoms with Crippen LogP contribution >= 0.6 is 12.2 Å². The minimum Gasteiger partial charge on any atom is -0.469 e. The van der Waals surface area contributed by atoms with Gasteiger partial charge in [0.25, 0.3) is 5.17 Å². The molecule has 2 fully saturated rings. The molecule has 1 N–H and O–H groups in total. The highest BCUT2D eigenvalue weighted by atomic mass is 32.1. The fourth-order valence-electron chi connectivity index (χ4n) is 8.64. The van der Waals surface area contributed by atoms with Crippen LogP contribution in [0, 0.1) is 11.8 Å². The van der Waals surface area contributed by atoms with Crippen molar-refractivity contribution in [1.82, 2.24) is 4.90 Å². The van der Waals surface area contributed by atoms with E-state index in [-0.39, 0.29) is 30.4 Å². The molecule has 4 rings (SSSR count). The smallest absolute Gasteiger partial charge is 0.339 e.